The zero-order valence-corrected chi connectivity index (χ0v) is 19.7. The van der Waals surface area contributed by atoms with E-state index in [9.17, 15) is 44.1 Å². The van der Waals surface area contributed by atoms with Gasteiger partial charge in [0.05, 0.1) is 6.07 Å². The third-order valence-corrected chi connectivity index (χ3v) is 5.46. The third-order valence-electron chi connectivity index (χ3n) is 5.46. The lowest BCUT2D eigenvalue weighted by atomic mass is 10.1. The van der Waals surface area contributed by atoms with Gasteiger partial charge >= 0.3 is 29.6 Å². The van der Waals surface area contributed by atoms with Crippen molar-refractivity contribution in [1.82, 2.24) is 19.8 Å². The van der Waals surface area contributed by atoms with Crippen LogP contribution in [0, 0.1) is 0 Å². The minimum Gasteiger partial charge on any atom is -0.494 e. The number of aromatic hydroxyl groups is 1. The molecule has 1 aromatic carbocycles. The second-order valence-electron chi connectivity index (χ2n) is 8.09. The van der Waals surface area contributed by atoms with Crippen molar-refractivity contribution in [1.29, 1.82) is 0 Å². The van der Waals surface area contributed by atoms with E-state index in [2.05, 4.69) is 10.6 Å². The molecule has 200 valence electrons. The van der Waals surface area contributed by atoms with Crippen LogP contribution in [-0.4, -0.2) is 60.0 Å². The fourth-order valence-corrected chi connectivity index (χ4v) is 3.63. The maximum Gasteiger partial charge on any atom is 0.335 e. The number of carboxylic acid groups (broad SMARTS) is 3. The number of nitrogens with zero attached hydrogens (tertiary/aromatic N) is 2. The highest BCUT2D eigenvalue weighted by Gasteiger charge is 2.30. The van der Waals surface area contributed by atoms with Gasteiger partial charge in [-0.15, -0.1) is 0 Å². The van der Waals surface area contributed by atoms with Crippen molar-refractivity contribution in [2.75, 3.05) is 6.54 Å². The molecule has 0 saturated heterocycles. The first kappa shape index (κ1) is 28.6. The number of carbonyl (C=O) groups is 4. The highest BCUT2D eigenvalue weighted by atomic mass is 16.4. The highest BCUT2D eigenvalue weighted by Crippen LogP contribution is 2.19. The molecule has 1 aromatic heterocycles. The monoisotopic (exact) mass is 520 g/mol. The standard InChI is InChI=1S/C23H28N4O10/c28-17-12-18(29)27(16(21(34)35)9-10-19(30)31)23(37)26(17)15(20(32)33)8-4-5-11-24-22(36)25-13-14-6-2-1-3-7-14/h1-3,6-7,12,15-16,29H,4-5,8-11,13H2,(H,30,31)(H,32,33)(H,34,35)(H2,24,25,36). The second-order valence-corrected chi connectivity index (χ2v) is 8.09. The van der Waals surface area contributed by atoms with E-state index in [1.165, 1.54) is 0 Å². The van der Waals surface area contributed by atoms with Crippen LogP contribution in [0.5, 0.6) is 5.88 Å². The summed E-state index contributed by atoms with van der Waals surface area (Å²) in [6.07, 6.45) is -0.984. The Bertz CT molecular complexity index is 1240. The van der Waals surface area contributed by atoms with Crippen molar-refractivity contribution in [2.24, 2.45) is 0 Å². The molecule has 37 heavy (non-hydrogen) atoms. The number of hydrogen-bond donors (Lipinski definition) is 6. The van der Waals surface area contributed by atoms with Crippen molar-refractivity contribution in [3.8, 4) is 5.88 Å². The summed E-state index contributed by atoms with van der Waals surface area (Å²) in [6.45, 7) is 0.492. The van der Waals surface area contributed by atoms with Gasteiger partial charge in [-0.05, 0) is 31.2 Å². The number of carboxylic acids is 3. The van der Waals surface area contributed by atoms with E-state index in [0.29, 0.717) is 28.2 Å². The fourth-order valence-electron chi connectivity index (χ4n) is 3.63. The summed E-state index contributed by atoms with van der Waals surface area (Å²) in [6, 6.07) is 5.74. The molecule has 2 rings (SSSR count). The number of unbranched alkanes of at least 4 members (excludes halogenated alkanes) is 1. The summed E-state index contributed by atoms with van der Waals surface area (Å²) in [5.74, 6) is -5.56. The first-order chi connectivity index (χ1) is 17.5. The number of urea groups is 1. The first-order valence-electron chi connectivity index (χ1n) is 11.3. The van der Waals surface area contributed by atoms with Crippen LogP contribution >= 0.6 is 0 Å². The van der Waals surface area contributed by atoms with Gasteiger partial charge in [0.1, 0.15) is 12.1 Å². The van der Waals surface area contributed by atoms with Crippen molar-refractivity contribution < 1.29 is 39.6 Å². The lowest BCUT2D eigenvalue weighted by molar-refractivity contribution is -0.142. The fraction of sp³-hybridized carbons (Fsp3) is 0.391. The molecule has 0 fully saturated rings. The average molecular weight is 520 g/mol. The molecule has 0 bridgehead atoms. The Labute approximate surface area is 209 Å². The molecule has 14 heteroatoms. The highest BCUT2D eigenvalue weighted by molar-refractivity contribution is 5.74. The Hall–Kier alpha value is -4.62. The van der Waals surface area contributed by atoms with Crippen LogP contribution in [0.25, 0.3) is 0 Å². The third kappa shape index (κ3) is 8.23. The van der Waals surface area contributed by atoms with E-state index in [1.54, 1.807) is 0 Å². The molecular weight excluding hydrogens is 492 g/mol. The Morgan fingerprint density at radius 1 is 0.838 bits per heavy atom. The topological polar surface area (TPSA) is 217 Å². The average Bonchev–Trinajstić information content (AvgIpc) is 2.83. The Morgan fingerprint density at radius 3 is 2.05 bits per heavy atom. The molecule has 2 aromatic rings. The number of amides is 2. The molecule has 2 atom stereocenters. The van der Waals surface area contributed by atoms with Crippen LogP contribution in [-0.2, 0) is 20.9 Å². The van der Waals surface area contributed by atoms with E-state index in [0.717, 1.165) is 5.56 Å². The minimum atomic E-state index is -1.84. The Balaban J connectivity index is 2.07. The lowest BCUT2D eigenvalue weighted by Gasteiger charge is -2.20. The molecule has 0 saturated carbocycles. The molecule has 1 heterocycles. The normalized spacial score (nSPS) is 12.3. The van der Waals surface area contributed by atoms with Gasteiger partial charge < -0.3 is 31.1 Å². The molecule has 6 N–H and O–H groups in total. The van der Waals surface area contributed by atoms with Gasteiger partial charge in [0.2, 0.25) is 5.88 Å². The van der Waals surface area contributed by atoms with Gasteiger partial charge in [-0.25, -0.2) is 28.3 Å². The van der Waals surface area contributed by atoms with Crippen LogP contribution in [0.1, 0.15) is 49.8 Å². The number of aromatic nitrogens is 2. The van der Waals surface area contributed by atoms with Crippen molar-refractivity contribution in [3.05, 3.63) is 62.8 Å². The maximum atomic E-state index is 12.9. The Morgan fingerprint density at radius 2 is 1.46 bits per heavy atom. The zero-order chi connectivity index (χ0) is 27.5. The molecule has 14 nitrogen and oxygen atoms in total. The number of carbonyl (C=O) groups excluding carboxylic acids is 1. The number of rotatable bonds is 14. The van der Waals surface area contributed by atoms with E-state index in [1.807, 2.05) is 30.3 Å². The predicted molar refractivity (Wildman–Crippen MR) is 127 cm³/mol. The summed E-state index contributed by atoms with van der Waals surface area (Å²) >= 11 is 0. The van der Waals surface area contributed by atoms with Gasteiger partial charge in [0.15, 0.2) is 0 Å². The summed E-state index contributed by atoms with van der Waals surface area (Å²) in [5.41, 5.74) is -1.65. The summed E-state index contributed by atoms with van der Waals surface area (Å²) in [5, 5.41) is 43.2. The lowest BCUT2D eigenvalue weighted by Crippen LogP contribution is -2.46. The summed E-state index contributed by atoms with van der Waals surface area (Å²) in [7, 11) is 0. The van der Waals surface area contributed by atoms with Crippen LogP contribution in [0.15, 0.2) is 46.0 Å². The van der Waals surface area contributed by atoms with E-state index in [4.69, 9.17) is 5.11 Å². The largest absolute Gasteiger partial charge is 0.494 e. The van der Waals surface area contributed by atoms with Crippen LogP contribution in [0.3, 0.4) is 0 Å². The molecule has 2 unspecified atom stereocenters. The quantitative estimate of drug-likeness (QED) is 0.189. The number of nitrogens with one attached hydrogen (secondary N) is 2. The smallest absolute Gasteiger partial charge is 0.335 e. The molecule has 2 amide bonds. The van der Waals surface area contributed by atoms with E-state index >= 15 is 0 Å². The maximum absolute atomic E-state index is 12.9. The summed E-state index contributed by atoms with van der Waals surface area (Å²) < 4.78 is 0.611. The van der Waals surface area contributed by atoms with E-state index < -0.39 is 66.0 Å². The summed E-state index contributed by atoms with van der Waals surface area (Å²) in [4.78, 5) is 71.6. The molecule has 0 spiro atoms. The Kier molecular flexibility index (Phi) is 10.4. The number of hydrogen-bond acceptors (Lipinski definition) is 7. The molecular formula is C23H28N4O10. The first-order valence-corrected chi connectivity index (χ1v) is 11.3. The van der Waals surface area contributed by atoms with Gasteiger partial charge in [-0.2, -0.15) is 0 Å². The van der Waals surface area contributed by atoms with Crippen molar-refractivity contribution in [2.45, 2.75) is 50.7 Å². The molecule has 0 aliphatic carbocycles. The van der Waals surface area contributed by atoms with Crippen molar-refractivity contribution in [3.63, 3.8) is 0 Å². The van der Waals surface area contributed by atoms with Gasteiger partial charge in [0, 0.05) is 19.5 Å². The van der Waals surface area contributed by atoms with Crippen molar-refractivity contribution >= 4 is 23.9 Å². The van der Waals surface area contributed by atoms with Crippen LogP contribution in [0.4, 0.5) is 4.79 Å². The number of aliphatic carboxylic acids is 3. The second kappa shape index (κ2) is 13.5. The number of benzene rings is 1. The minimum absolute atomic E-state index is 0.171. The predicted octanol–water partition coefficient (Wildman–Crippen LogP) is 0.502. The van der Waals surface area contributed by atoms with E-state index in [-0.39, 0.29) is 19.4 Å². The van der Waals surface area contributed by atoms with Crippen LogP contribution < -0.4 is 21.9 Å². The molecule has 0 radical (unpaired) electrons. The SMILES string of the molecule is O=C(O)CCC(C(=O)O)n1c(O)cc(=O)n(C(CCCCNC(=O)NCc2ccccc2)C(=O)O)c1=O. The van der Waals surface area contributed by atoms with Gasteiger partial charge in [-0.3, -0.25) is 9.59 Å². The van der Waals surface area contributed by atoms with Gasteiger partial charge in [-0.1, -0.05) is 30.3 Å². The van der Waals surface area contributed by atoms with Gasteiger partial charge in [0.25, 0.3) is 5.56 Å². The zero-order valence-electron chi connectivity index (χ0n) is 19.7. The van der Waals surface area contributed by atoms with Crippen LogP contribution in [0.2, 0.25) is 0 Å². The molecule has 0 aliphatic heterocycles. The molecule has 0 aliphatic rings.